The monoisotopic (exact) mass is 315 g/mol. The van der Waals surface area contributed by atoms with Crippen molar-refractivity contribution >= 4 is 11.9 Å². The molecule has 0 aliphatic carbocycles. The Labute approximate surface area is 130 Å². The number of rotatable bonds is 4. The van der Waals surface area contributed by atoms with Gasteiger partial charge in [0.05, 0.1) is 26.2 Å². The summed E-state index contributed by atoms with van der Waals surface area (Å²) in [7, 11) is 1.33. The van der Waals surface area contributed by atoms with Gasteiger partial charge in [-0.2, -0.15) is 0 Å². The molecule has 0 radical (unpaired) electrons. The maximum Gasteiger partial charge on any atom is 0.325 e. The normalized spacial score (nSPS) is 37.0. The third-order valence-electron chi connectivity index (χ3n) is 4.20. The Kier molecular flexibility index (Phi) is 4.79. The van der Waals surface area contributed by atoms with E-state index in [1.54, 1.807) is 13.8 Å². The summed E-state index contributed by atoms with van der Waals surface area (Å²) >= 11 is 0. The lowest BCUT2D eigenvalue weighted by atomic mass is 9.91. The van der Waals surface area contributed by atoms with Crippen LogP contribution in [-0.2, 0) is 28.5 Å². The van der Waals surface area contributed by atoms with Crippen molar-refractivity contribution in [2.75, 3.05) is 20.3 Å². The smallest absolute Gasteiger partial charge is 0.325 e. The maximum absolute atomic E-state index is 12.3. The van der Waals surface area contributed by atoms with Gasteiger partial charge in [0.1, 0.15) is 11.6 Å². The topological polar surface area (TPSA) is 83.1 Å². The Morgan fingerprint density at radius 2 is 2.00 bits per heavy atom. The standard InChI is InChI=1S/C15H25NO6/c1-6-20-12(17)9-7-15(4,13(18)19-5)16-11(9)10-8-21-14(2,3)22-10/h9-11,16H,6-8H2,1-5H3/t9-,10-,11+,15-/m1/s1. The Balaban J connectivity index is 2.20. The fourth-order valence-electron chi connectivity index (χ4n) is 3.19. The van der Waals surface area contributed by atoms with E-state index >= 15 is 0 Å². The fourth-order valence-corrected chi connectivity index (χ4v) is 3.19. The number of ether oxygens (including phenoxy) is 4. The number of hydrogen-bond donors (Lipinski definition) is 1. The maximum atomic E-state index is 12.3. The number of esters is 2. The average Bonchev–Trinajstić information content (AvgIpc) is 2.99. The van der Waals surface area contributed by atoms with Crippen LogP contribution in [0.1, 0.15) is 34.1 Å². The van der Waals surface area contributed by atoms with Crippen molar-refractivity contribution in [2.24, 2.45) is 5.92 Å². The predicted octanol–water partition coefficient (Wildman–Crippen LogP) is 0.611. The number of hydrogen-bond acceptors (Lipinski definition) is 7. The van der Waals surface area contributed by atoms with E-state index in [9.17, 15) is 9.59 Å². The summed E-state index contributed by atoms with van der Waals surface area (Å²) in [5.74, 6) is -1.91. The molecule has 4 atom stereocenters. The van der Waals surface area contributed by atoms with Crippen LogP contribution in [0.25, 0.3) is 0 Å². The van der Waals surface area contributed by atoms with E-state index in [4.69, 9.17) is 18.9 Å². The van der Waals surface area contributed by atoms with Crippen molar-refractivity contribution in [3.63, 3.8) is 0 Å². The van der Waals surface area contributed by atoms with Crippen molar-refractivity contribution in [1.29, 1.82) is 0 Å². The van der Waals surface area contributed by atoms with Crippen LogP contribution in [0.15, 0.2) is 0 Å². The van der Waals surface area contributed by atoms with Crippen LogP contribution in [-0.4, -0.2) is 55.7 Å². The van der Waals surface area contributed by atoms with Gasteiger partial charge in [-0.1, -0.05) is 0 Å². The van der Waals surface area contributed by atoms with Crippen LogP contribution in [0.4, 0.5) is 0 Å². The van der Waals surface area contributed by atoms with Gasteiger partial charge in [-0.15, -0.1) is 0 Å². The van der Waals surface area contributed by atoms with Crippen LogP contribution >= 0.6 is 0 Å². The molecule has 126 valence electrons. The fraction of sp³-hybridized carbons (Fsp3) is 0.867. The van der Waals surface area contributed by atoms with Gasteiger partial charge in [0.25, 0.3) is 0 Å². The first kappa shape index (κ1) is 17.2. The molecule has 7 heteroatoms. The Morgan fingerprint density at radius 3 is 2.50 bits per heavy atom. The second-order valence-corrected chi connectivity index (χ2v) is 6.42. The van der Waals surface area contributed by atoms with E-state index in [-0.39, 0.29) is 18.1 Å². The number of carbonyl (C=O) groups is 2. The summed E-state index contributed by atoms with van der Waals surface area (Å²) in [4.78, 5) is 24.3. The second kappa shape index (κ2) is 6.14. The molecule has 2 heterocycles. The molecule has 0 amide bonds. The third kappa shape index (κ3) is 3.26. The van der Waals surface area contributed by atoms with Crippen LogP contribution < -0.4 is 5.32 Å². The van der Waals surface area contributed by atoms with Crippen molar-refractivity contribution in [3.8, 4) is 0 Å². The average molecular weight is 315 g/mol. The van der Waals surface area contributed by atoms with E-state index in [1.807, 2.05) is 13.8 Å². The Hall–Kier alpha value is -1.18. The zero-order valence-corrected chi connectivity index (χ0v) is 13.8. The van der Waals surface area contributed by atoms with Crippen molar-refractivity contribution in [3.05, 3.63) is 0 Å². The largest absolute Gasteiger partial charge is 0.468 e. The molecular weight excluding hydrogens is 290 g/mol. The minimum Gasteiger partial charge on any atom is -0.468 e. The summed E-state index contributed by atoms with van der Waals surface area (Å²) in [6.45, 7) is 7.78. The molecule has 0 spiro atoms. The van der Waals surface area contributed by atoms with E-state index in [0.717, 1.165) is 0 Å². The summed E-state index contributed by atoms with van der Waals surface area (Å²) in [6, 6.07) is -0.357. The number of methoxy groups -OCH3 is 1. The lowest BCUT2D eigenvalue weighted by Crippen LogP contribution is -2.52. The molecule has 0 aromatic rings. The van der Waals surface area contributed by atoms with Gasteiger partial charge >= 0.3 is 11.9 Å². The van der Waals surface area contributed by atoms with Crippen molar-refractivity contribution in [1.82, 2.24) is 5.32 Å². The molecule has 0 saturated carbocycles. The van der Waals surface area contributed by atoms with E-state index in [2.05, 4.69) is 5.32 Å². The molecule has 0 bridgehead atoms. The Morgan fingerprint density at radius 1 is 1.32 bits per heavy atom. The van der Waals surface area contributed by atoms with E-state index in [0.29, 0.717) is 19.6 Å². The van der Waals surface area contributed by atoms with Crippen molar-refractivity contribution in [2.45, 2.75) is 57.6 Å². The van der Waals surface area contributed by atoms with Gasteiger partial charge in [0, 0.05) is 6.04 Å². The molecule has 1 N–H and O–H groups in total. The van der Waals surface area contributed by atoms with E-state index < -0.39 is 23.2 Å². The quantitative estimate of drug-likeness (QED) is 0.761. The zero-order chi connectivity index (χ0) is 16.5. The van der Waals surface area contributed by atoms with Gasteiger partial charge in [-0.25, -0.2) is 0 Å². The summed E-state index contributed by atoms with van der Waals surface area (Å²) in [6.07, 6.45) is -0.0143. The first-order valence-electron chi connectivity index (χ1n) is 7.57. The van der Waals surface area contributed by atoms with Crippen molar-refractivity contribution < 1.29 is 28.5 Å². The SMILES string of the molecule is CCOC(=O)[C@@H]1C[C@](C)(C(=O)OC)N[C@@H]1[C@H]1COC(C)(C)O1. The van der Waals surface area contributed by atoms with Gasteiger partial charge in [-0.3, -0.25) is 14.9 Å². The van der Waals surface area contributed by atoms with E-state index in [1.165, 1.54) is 7.11 Å². The minimum atomic E-state index is -0.938. The lowest BCUT2D eigenvalue weighted by molar-refractivity contribution is -0.155. The molecule has 2 aliphatic rings. The Bertz CT molecular complexity index is 451. The summed E-state index contributed by atoms with van der Waals surface area (Å²) in [5.41, 5.74) is -0.938. The molecule has 22 heavy (non-hydrogen) atoms. The van der Waals surface area contributed by atoms with Crippen LogP contribution in [0, 0.1) is 5.92 Å². The summed E-state index contributed by atoms with van der Waals surface area (Å²) in [5, 5.41) is 3.21. The highest BCUT2D eigenvalue weighted by Crippen LogP contribution is 2.36. The molecule has 2 aliphatic heterocycles. The van der Waals surface area contributed by atoms with Gasteiger partial charge in [0.2, 0.25) is 0 Å². The minimum absolute atomic E-state index is 0.296. The van der Waals surface area contributed by atoms with Crippen LogP contribution in [0.3, 0.4) is 0 Å². The summed E-state index contributed by atoms with van der Waals surface area (Å²) < 4.78 is 21.4. The highest BCUT2D eigenvalue weighted by Gasteiger charge is 2.55. The number of nitrogens with one attached hydrogen (secondary N) is 1. The number of carbonyl (C=O) groups excluding carboxylic acids is 2. The second-order valence-electron chi connectivity index (χ2n) is 6.42. The molecule has 2 rings (SSSR count). The highest BCUT2D eigenvalue weighted by atomic mass is 16.7. The van der Waals surface area contributed by atoms with Crippen LogP contribution in [0.5, 0.6) is 0 Å². The van der Waals surface area contributed by atoms with Gasteiger partial charge in [-0.05, 0) is 34.1 Å². The highest BCUT2D eigenvalue weighted by molar-refractivity contribution is 5.84. The first-order chi connectivity index (χ1) is 10.2. The molecule has 0 unspecified atom stereocenters. The zero-order valence-electron chi connectivity index (χ0n) is 13.8. The molecule has 0 aromatic carbocycles. The molecule has 7 nitrogen and oxygen atoms in total. The molecule has 0 aromatic heterocycles. The van der Waals surface area contributed by atoms with Gasteiger partial charge in [0.15, 0.2) is 5.79 Å². The molecule has 2 saturated heterocycles. The first-order valence-corrected chi connectivity index (χ1v) is 7.57. The predicted molar refractivity (Wildman–Crippen MR) is 77.0 cm³/mol. The molecular formula is C15H25NO6. The van der Waals surface area contributed by atoms with Crippen LogP contribution in [0.2, 0.25) is 0 Å². The third-order valence-corrected chi connectivity index (χ3v) is 4.20. The lowest BCUT2D eigenvalue weighted by Gasteiger charge is -2.26. The molecule has 2 fully saturated rings. The van der Waals surface area contributed by atoms with Gasteiger partial charge < -0.3 is 18.9 Å².